The smallest absolute Gasteiger partial charge is 0.220 e. The first-order chi connectivity index (χ1) is 22.2. The van der Waals surface area contributed by atoms with E-state index in [1.165, 1.54) is 89.9 Å². The number of rotatable bonds is 33. The second-order valence-electron chi connectivity index (χ2n) is 12.6. The molecule has 45 heavy (non-hydrogen) atoms. The van der Waals surface area contributed by atoms with Crippen LogP contribution in [0.15, 0.2) is 60.8 Å². The summed E-state index contributed by atoms with van der Waals surface area (Å²) in [6, 6.07) is -0.649. The first-order valence-corrected chi connectivity index (χ1v) is 19.0. The summed E-state index contributed by atoms with van der Waals surface area (Å²) in [4.78, 5) is 12.3. The van der Waals surface area contributed by atoms with Crippen molar-refractivity contribution in [1.29, 1.82) is 0 Å². The molecule has 0 fully saturated rings. The van der Waals surface area contributed by atoms with Crippen LogP contribution in [0.4, 0.5) is 0 Å². The lowest BCUT2D eigenvalue weighted by Crippen LogP contribution is -2.45. The standard InChI is InChI=1S/C41H73NO3/c1-3-5-7-9-11-13-15-17-19-20-21-23-24-26-28-30-32-34-36-40(44)39(38-43)42-41(45)37-35-33-31-29-27-25-22-18-16-14-12-10-8-6-4-2/h6,8,12,14,18,22,26,28,34,36,39-40,43-44H,3-5,7,9-11,13,15-17,19-21,23-25,27,29-33,35,37-38H2,1-2H3,(H,42,45)/b8-6-,14-12-,22-18-,28-26+,36-34+. The van der Waals surface area contributed by atoms with Gasteiger partial charge < -0.3 is 15.5 Å². The molecular weight excluding hydrogens is 554 g/mol. The van der Waals surface area contributed by atoms with Crippen LogP contribution in [0.3, 0.4) is 0 Å². The molecule has 0 aromatic rings. The fraction of sp³-hybridized carbons (Fsp3) is 0.732. The SMILES string of the molecule is CC/C=C\C/C=C\C/C=C\CCCCCCCC(=O)NC(CO)C(O)/C=C/CC/C=C/CCCCCCCCCCCCCC. The molecule has 2 unspecified atom stereocenters. The largest absolute Gasteiger partial charge is 0.394 e. The van der Waals surface area contributed by atoms with Crippen LogP contribution in [0.25, 0.3) is 0 Å². The minimum Gasteiger partial charge on any atom is -0.394 e. The van der Waals surface area contributed by atoms with Crippen LogP contribution in [0.1, 0.15) is 174 Å². The molecule has 0 heterocycles. The van der Waals surface area contributed by atoms with E-state index in [1.54, 1.807) is 6.08 Å². The van der Waals surface area contributed by atoms with Crippen molar-refractivity contribution < 1.29 is 15.0 Å². The number of aliphatic hydroxyl groups excluding tert-OH is 2. The molecular formula is C41H73NO3. The molecule has 0 aliphatic heterocycles. The van der Waals surface area contributed by atoms with Crippen molar-refractivity contribution in [2.24, 2.45) is 0 Å². The Labute approximate surface area is 279 Å². The van der Waals surface area contributed by atoms with Gasteiger partial charge in [0, 0.05) is 6.42 Å². The average molecular weight is 628 g/mol. The Balaban J connectivity index is 3.71. The van der Waals surface area contributed by atoms with Crippen molar-refractivity contribution in [3.8, 4) is 0 Å². The molecule has 0 saturated carbocycles. The van der Waals surface area contributed by atoms with Gasteiger partial charge in [-0.05, 0) is 64.2 Å². The number of nitrogens with one attached hydrogen (secondary N) is 1. The fourth-order valence-corrected chi connectivity index (χ4v) is 5.32. The monoisotopic (exact) mass is 628 g/mol. The molecule has 4 heteroatoms. The lowest BCUT2D eigenvalue weighted by atomic mass is 10.0. The maximum absolute atomic E-state index is 12.3. The minimum absolute atomic E-state index is 0.0941. The van der Waals surface area contributed by atoms with Crippen LogP contribution in [0, 0.1) is 0 Å². The quantitative estimate of drug-likeness (QED) is 0.0501. The molecule has 0 radical (unpaired) electrons. The summed E-state index contributed by atoms with van der Waals surface area (Å²) in [5.74, 6) is -0.0941. The Bertz CT molecular complexity index is 767. The summed E-state index contributed by atoms with van der Waals surface area (Å²) >= 11 is 0. The van der Waals surface area contributed by atoms with Gasteiger partial charge in [0.1, 0.15) is 0 Å². The van der Waals surface area contributed by atoms with Crippen LogP contribution in [0.2, 0.25) is 0 Å². The molecule has 0 bridgehead atoms. The molecule has 0 aromatic heterocycles. The van der Waals surface area contributed by atoms with E-state index in [9.17, 15) is 15.0 Å². The molecule has 0 saturated heterocycles. The highest BCUT2D eigenvalue weighted by molar-refractivity contribution is 5.76. The number of carbonyl (C=O) groups is 1. The van der Waals surface area contributed by atoms with Crippen molar-refractivity contribution >= 4 is 5.91 Å². The molecule has 0 spiro atoms. The van der Waals surface area contributed by atoms with Crippen LogP contribution < -0.4 is 5.32 Å². The average Bonchev–Trinajstić information content (AvgIpc) is 3.04. The number of carbonyl (C=O) groups excluding carboxylic acids is 1. The molecule has 0 aliphatic carbocycles. The highest BCUT2D eigenvalue weighted by Gasteiger charge is 2.17. The predicted molar refractivity (Wildman–Crippen MR) is 197 cm³/mol. The first kappa shape index (κ1) is 43.1. The molecule has 3 N–H and O–H groups in total. The van der Waals surface area contributed by atoms with Gasteiger partial charge in [-0.15, -0.1) is 0 Å². The van der Waals surface area contributed by atoms with Gasteiger partial charge in [0.25, 0.3) is 0 Å². The highest BCUT2D eigenvalue weighted by atomic mass is 16.3. The zero-order valence-corrected chi connectivity index (χ0v) is 29.6. The van der Waals surface area contributed by atoms with Gasteiger partial charge in [-0.2, -0.15) is 0 Å². The Morgan fingerprint density at radius 2 is 1.00 bits per heavy atom. The van der Waals surface area contributed by atoms with Gasteiger partial charge in [0.15, 0.2) is 0 Å². The predicted octanol–water partition coefficient (Wildman–Crippen LogP) is 11.4. The zero-order valence-electron chi connectivity index (χ0n) is 29.6. The van der Waals surface area contributed by atoms with Gasteiger partial charge in [0.05, 0.1) is 18.8 Å². The number of amides is 1. The Kier molecular flexibility index (Phi) is 35.0. The third kappa shape index (κ3) is 33.3. The van der Waals surface area contributed by atoms with E-state index < -0.39 is 12.1 Å². The fourth-order valence-electron chi connectivity index (χ4n) is 5.32. The van der Waals surface area contributed by atoms with Gasteiger partial charge in [-0.1, -0.05) is 164 Å². The second-order valence-corrected chi connectivity index (χ2v) is 12.6. The van der Waals surface area contributed by atoms with Crippen molar-refractivity contribution in [2.45, 2.75) is 187 Å². The number of hydrogen-bond donors (Lipinski definition) is 3. The van der Waals surface area contributed by atoms with Gasteiger partial charge >= 0.3 is 0 Å². The molecule has 0 rings (SSSR count). The zero-order chi connectivity index (χ0) is 32.9. The summed E-state index contributed by atoms with van der Waals surface area (Å²) in [5, 5.41) is 22.9. The molecule has 2 atom stereocenters. The van der Waals surface area contributed by atoms with Gasteiger partial charge in [-0.3, -0.25) is 4.79 Å². The topological polar surface area (TPSA) is 69.6 Å². The van der Waals surface area contributed by atoms with E-state index in [-0.39, 0.29) is 12.5 Å². The number of aliphatic hydroxyl groups is 2. The van der Waals surface area contributed by atoms with Crippen LogP contribution in [-0.4, -0.2) is 34.9 Å². The van der Waals surface area contributed by atoms with Crippen LogP contribution in [-0.2, 0) is 4.79 Å². The van der Waals surface area contributed by atoms with Gasteiger partial charge in [-0.25, -0.2) is 0 Å². The van der Waals surface area contributed by atoms with E-state index in [2.05, 4.69) is 67.8 Å². The summed E-state index contributed by atoms with van der Waals surface area (Å²) in [5.41, 5.74) is 0. The second kappa shape index (κ2) is 36.6. The van der Waals surface area contributed by atoms with Crippen LogP contribution in [0.5, 0.6) is 0 Å². The summed E-state index contributed by atoms with van der Waals surface area (Å²) in [6.07, 6.45) is 50.2. The normalized spacial score (nSPS) is 13.8. The van der Waals surface area contributed by atoms with Crippen molar-refractivity contribution in [3.05, 3.63) is 60.8 Å². The number of unbranched alkanes of at least 4 members (excludes halogenated alkanes) is 18. The minimum atomic E-state index is -0.870. The molecule has 4 nitrogen and oxygen atoms in total. The van der Waals surface area contributed by atoms with E-state index in [1.807, 2.05) is 6.08 Å². The maximum atomic E-state index is 12.3. The Morgan fingerprint density at radius 1 is 0.556 bits per heavy atom. The maximum Gasteiger partial charge on any atom is 0.220 e. The van der Waals surface area contributed by atoms with Crippen molar-refractivity contribution in [2.75, 3.05) is 6.61 Å². The molecule has 260 valence electrons. The lowest BCUT2D eigenvalue weighted by molar-refractivity contribution is -0.123. The van der Waals surface area contributed by atoms with Crippen molar-refractivity contribution in [1.82, 2.24) is 5.32 Å². The Morgan fingerprint density at radius 3 is 1.56 bits per heavy atom. The van der Waals surface area contributed by atoms with E-state index in [0.29, 0.717) is 6.42 Å². The number of hydrogen-bond acceptors (Lipinski definition) is 3. The first-order valence-electron chi connectivity index (χ1n) is 19.0. The third-order valence-corrected chi connectivity index (χ3v) is 8.23. The van der Waals surface area contributed by atoms with E-state index in [4.69, 9.17) is 0 Å². The number of allylic oxidation sites excluding steroid dienone is 9. The molecule has 0 aromatic carbocycles. The summed E-state index contributed by atoms with van der Waals surface area (Å²) < 4.78 is 0. The lowest BCUT2D eigenvalue weighted by Gasteiger charge is -2.19. The van der Waals surface area contributed by atoms with Crippen molar-refractivity contribution in [3.63, 3.8) is 0 Å². The molecule has 1 amide bonds. The van der Waals surface area contributed by atoms with Crippen LogP contribution >= 0.6 is 0 Å². The van der Waals surface area contributed by atoms with E-state index >= 15 is 0 Å². The highest BCUT2D eigenvalue weighted by Crippen LogP contribution is 2.13. The Hall–Kier alpha value is -1.91. The summed E-state index contributed by atoms with van der Waals surface area (Å²) in [7, 11) is 0. The van der Waals surface area contributed by atoms with E-state index in [0.717, 1.165) is 64.2 Å². The third-order valence-electron chi connectivity index (χ3n) is 8.23. The summed E-state index contributed by atoms with van der Waals surface area (Å²) in [6.45, 7) is 4.16. The molecule has 0 aliphatic rings. The van der Waals surface area contributed by atoms with Gasteiger partial charge in [0.2, 0.25) is 5.91 Å².